The number of piperazine rings is 1. The van der Waals surface area contributed by atoms with Crippen molar-refractivity contribution in [2.24, 2.45) is 0 Å². The van der Waals surface area contributed by atoms with Crippen LogP contribution in [-0.4, -0.2) is 51.5 Å². The van der Waals surface area contributed by atoms with Crippen LogP contribution in [0.5, 0.6) is 0 Å². The minimum atomic E-state index is -4.68. The Bertz CT molecular complexity index is 1970. The van der Waals surface area contributed by atoms with Gasteiger partial charge in [-0.1, -0.05) is 25.6 Å². The maximum Gasteiger partial charge on any atom is 0.418 e. The molecule has 11 heteroatoms. The third-order valence-electron chi connectivity index (χ3n) is 7.73. The molecule has 1 aliphatic heterocycles. The Balaban J connectivity index is 1.50. The minimum Gasteiger partial charge on any atom is -0.367 e. The van der Waals surface area contributed by atoms with E-state index in [0.717, 1.165) is 17.2 Å². The number of carbonyl (C=O) groups is 1. The molecule has 1 amide bonds. The van der Waals surface area contributed by atoms with Crippen LogP contribution < -0.4 is 10.5 Å². The first-order valence-corrected chi connectivity index (χ1v) is 13.7. The summed E-state index contributed by atoms with van der Waals surface area (Å²) in [6.45, 7) is 10.1. The van der Waals surface area contributed by atoms with Gasteiger partial charge in [-0.05, 0) is 48.0 Å². The lowest BCUT2D eigenvalue weighted by Crippen LogP contribution is -2.49. The summed E-state index contributed by atoms with van der Waals surface area (Å²) in [4.78, 5) is 40.7. The standard InChI is InChI=1S/C32H25F3N6O2/c1-3-29(42)40-14-12-39(13-15-40)27-9-7-23(17-25(27)32(33,34)35)41-30(43)11-6-22-19-37-26-8-4-20(16-24(26)31(22)41)21-5-10-28(36-2)38-18-21/h4-11,16-19H,3,12-15H2,1H3. The van der Waals surface area contributed by atoms with E-state index >= 15 is 0 Å². The number of benzene rings is 2. The van der Waals surface area contributed by atoms with Gasteiger partial charge < -0.3 is 14.6 Å². The predicted octanol–water partition coefficient (Wildman–Crippen LogP) is 6.23. The third kappa shape index (κ3) is 5.16. The van der Waals surface area contributed by atoms with Crippen LogP contribution in [0.15, 0.2) is 77.9 Å². The lowest BCUT2D eigenvalue weighted by atomic mass is 10.0. The zero-order valence-corrected chi connectivity index (χ0v) is 23.1. The molecule has 0 saturated carbocycles. The largest absolute Gasteiger partial charge is 0.418 e. The number of anilines is 1. The molecule has 0 atom stereocenters. The fraction of sp³-hybridized carbons (Fsp3) is 0.219. The average Bonchev–Trinajstić information content (AvgIpc) is 3.03. The van der Waals surface area contributed by atoms with Gasteiger partial charge in [-0.25, -0.2) is 0 Å². The molecule has 5 aromatic rings. The highest BCUT2D eigenvalue weighted by molar-refractivity contribution is 6.05. The number of amides is 1. The van der Waals surface area contributed by atoms with Crippen LogP contribution in [0.1, 0.15) is 18.9 Å². The first-order chi connectivity index (χ1) is 20.7. The van der Waals surface area contributed by atoms with Crippen LogP contribution in [0.4, 0.5) is 24.7 Å². The number of hydrogen-bond acceptors (Lipinski definition) is 5. The van der Waals surface area contributed by atoms with E-state index in [0.29, 0.717) is 41.3 Å². The number of nitrogens with zero attached hydrogens (tertiary/aromatic N) is 6. The molecule has 0 unspecified atom stereocenters. The average molecular weight is 583 g/mol. The Morgan fingerprint density at radius 1 is 0.930 bits per heavy atom. The van der Waals surface area contributed by atoms with Crippen molar-refractivity contribution < 1.29 is 18.0 Å². The highest BCUT2D eigenvalue weighted by Gasteiger charge is 2.36. The molecular weight excluding hydrogens is 557 g/mol. The first kappa shape index (κ1) is 27.9. The molecule has 3 aromatic heterocycles. The van der Waals surface area contributed by atoms with E-state index in [2.05, 4.69) is 14.8 Å². The van der Waals surface area contributed by atoms with E-state index in [4.69, 9.17) is 6.57 Å². The van der Waals surface area contributed by atoms with Gasteiger partial charge in [0, 0.05) is 66.9 Å². The number of rotatable bonds is 4. The molecular formula is C32H25F3N6O2. The molecule has 4 heterocycles. The van der Waals surface area contributed by atoms with Crippen LogP contribution in [0.2, 0.25) is 0 Å². The van der Waals surface area contributed by atoms with Crippen LogP contribution >= 0.6 is 0 Å². The quantitative estimate of drug-likeness (QED) is 0.186. The lowest BCUT2D eigenvalue weighted by Gasteiger charge is -2.37. The monoisotopic (exact) mass is 582 g/mol. The summed E-state index contributed by atoms with van der Waals surface area (Å²) in [6, 6.07) is 15.7. The number of fused-ring (bicyclic) bond motifs is 3. The van der Waals surface area contributed by atoms with Crippen molar-refractivity contribution in [1.29, 1.82) is 0 Å². The second kappa shape index (κ2) is 10.9. The van der Waals surface area contributed by atoms with Gasteiger partial charge in [0.15, 0.2) is 0 Å². The van der Waals surface area contributed by atoms with Crippen LogP contribution in [0, 0.1) is 6.57 Å². The second-order valence-corrected chi connectivity index (χ2v) is 10.2. The zero-order chi connectivity index (χ0) is 30.3. The van der Waals surface area contributed by atoms with Crippen molar-refractivity contribution in [1.82, 2.24) is 19.4 Å². The van der Waals surface area contributed by atoms with Crippen LogP contribution in [0.25, 0.3) is 43.5 Å². The number of pyridine rings is 3. The Morgan fingerprint density at radius 3 is 2.37 bits per heavy atom. The molecule has 0 radical (unpaired) electrons. The maximum absolute atomic E-state index is 14.5. The minimum absolute atomic E-state index is 0.0114. The van der Waals surface area contributed by atoms with Gasteiger partial charge in [-0.3, -0.25) is 19.1 Å². The Kier molecular flexibility index (Phi) is 7.05. The summed E-state index contributed by atoms with van der Waals surface area (Å²) < 4.78 is 44.8. The molecule has 43 heavy (non-hydrogen) atoms. The number of carbonyl (C=O) groups excluding carboxylic acids is 1. The Hall–Kier alpha value is -5.24. The molecule has 1 fully saturated rings. The summed E-state index contributed by atoms with van der Waals surface area (Å²) in [7, 11) is 0. The fourth-order valence-corrected chi connectivity index (χ4v) is 5.56. The van der Waals surface area contributed by atoms with Gasteiger partial charge in [0.05, 0.1) is 22.3 Å². The van der Waals surface area contributed by atoms with Crippen LogP contribution in [0.3, 0.4) is 0 Å². The highest BCUT2D eigenvalue weighted by Crippen LogP contribution is 2.39. The number of halogens is 3. The topological polar surface area (TPSA) is 75.7 Å². The predicted molar refractivity (Wildman–Crippen MR) is 158 cm³/mol. The van der Waals surface area contributed by atoms with Crippen molar-refractivity contribution in [3.63, 3.8) is 0 Å². The van der Waals surface area contributed by atoms with Crippen molar-refractivity contribution in [2.45, 2.75) is 19.5 Å². The van der Waals surface area contributed by atoms with Crippen molar-refractivity contribution in [2.75, 3.05) is 31.1 Å². The summed E-state index contributed by atoms with van der Waals surface area (Å²) in [5.41, 5.74) is 1.23. The molecule has 216 valence electrons. The smallest absolute Gasteiger partial charge is 0.367 e. The molecule has 0 spiro atoms. The summed E-state index contributed by atoms with van der Waals surface area (Å²) >= 11 is 0. The van der Waals surface area contributed by atoms with Gasteiger partial charge in [-0.2, -0.15) is 13.2 Å². The second-order valence-electron chi connectivity index (χ2n) is 10.2. The zero-order valence-electron chi connectivity index (χ0n) is 23.1. The molecule has 0 N–H and O–H groups in total. The van der Waals surface area contributed by atoms with Crippen molar-refractivity contribution >= 4 is 39.2 Å². The normalized spacial score (nSPS) is 13.8. The number of alkyl halides is 3. The molecule has 1 saturated heterocycles. The van der Waals surface area contributed by atoms with Gasteiger partial charge in [-0.15, -0.1) is 4.98 Å². The number of hydrogen-bond donors (Lipinski definition) is 0. The van der Waals surface area contributed by atoms with Gasteiger partial charge in [0.25, 0.3) is 11.4 Å². The van der Waals surface area contributed by atoms with Crippen molar-refractivity contribution in [3.8, 4) is 16.8 Å². The van der Waals surface area contributed by atoms with E-state index < -0.39 is 17.3 Å². The summed E-state index contributed by atoms with van der Waals surface area (Å²) in [5, 5.41) is 1.16. The molecule has 0 aliphatic carbocycles. The Labute approximate surface area is 244 Å². The van der Waals surface area contributed by atoms with E-state index in [9.17, 15) is 22.8 Å². The molecule has 8 nitrogen and oxygen atoms in total. The van der Waals surface area contributed by atoms with E-state index in [1.165, 1.54) is 22.8 Å². The molecule has 1 aliphatic rings. The van der Waals surface area contributed by atoms with Gasteiger partial charge in [0.2, 0.25) is 5.91 Å². The number of aromatic nitrogens is 3. The van der Waals surface area contributed by atoms with E-state index in [-0.39, 0.29) is 36.2 Å². The van der Waals surface area contributed by atoms with Crippen molar-refractivity contribution in [3.05, 3.63) is 100 Å². The van der Waals surface area contributed by atoms with Gasteiger partial charge >= 0.3 is 6.18 Å². The molecule has 2 aromatic carbocycles. The SMILES string of the molecule is [C-]#[N+]c1ccc(-c2ccc3ncc4ccc(=O)n(-c5ccc(N6CCN(C(=O)CC)CC6)c(C(F)(F)F)c5)c4c3c2)cn1. The highest BCUT2D eigenvalue weighted by atomic mass is 19.4. The molecule has 0 bridgehead atoms. The van der Waals surface area contributed by atoms with Crippen LogP contribution in [-0.2, 0) is 11.0 Å². The Morgan fingerprint density at radius 2 is 1.70 bits per heavy atom. The van der Waals surface area contributed by atoms with E-state index in [1.807, 2.05) is 12.1 Å². The van der Waals surface area contributed by atoms with E-state index in [1.54, 1.807) is 53.4 Å². The first-order valence-electron chi connectivity index (χ1n) is 13.7. The third-order valence-corrected chi connectivity index (χ3v) is 7.73. The maximum atomic E-state index is 14.5. The summed E-state index contributed by atoms with van der Waals surface area (Å²) in [6.07, 6.45) is -1.17. The molecule has 6 rings (SSSR count). The lowest BCUT2D eigenvalue weighted by molar-refractivity contribution is -0.137. The van der Waals surface area contributed by atoms with Gasteiger partial charge in [0.1, 0.15) is 6.20 Å². The summed E-state index contributed by atoms with van der Waals surface area (Å²) in [5.74, 6) is 0.230. The fourth-order valence-electron chi connectivity index (χ4n) is 5.56.